The maximum atomic E-state index is 5.15. The molecule has 27 heavy (non-hydrogen) atoms. The van der Waals surface area contributed by atoms with E-state index >= 15 is 0 Å². The molecule has 0 amide bonds. The molecule has 4 aromatic rings. The monoisotopic (exact) mass is 358 g/mol. The third-order valence-corrected chi connectivity index (χ3v) is 4.55. The molecule has 0 atom stereocenters. The molecule has 0 saturated heterocycles. The first-order valence-electron chi connectivity index (χ1n) is 8.89. The zero-order valence-corrected chi connectivity index (χ0v) is 14.8. The van der Waals surface area contributed by atoms with Gasteiger partial charge in [0.15, 0.2) is 22.8 Å². The second-order valence-corrected chi connectivity index (χ2v) is 6.53. The highest BCUT2D eigenvalue weighted by atomic mass is 16.5. The molecule has 1 fully saturated rings. The van der Waals surface area contributed by atoms with Crippen LogP contribution in [0.1, 0.15) is 12.8 Å². The molecule has 0 unspecified atom stereocenters. The number of rotatable bonds is 5. The summed E-state index contributed by atoms with van der Waals surface area (Å²) in [6.07, 6.45) is 5.83. The average Bonchev–Trinajstić information content (AvgIpc) is 3.44. The van der Waals surface area contributed by atoms with Gasteiger partial charge in [-0.25, -0.2) is 19.9 Å². The molecule has 1 aliphatic carbocycles. The second kappa shape index (κ2) is 6.35. The van der Waals surface area contributed by atoms with Gasteiger partial charge in [0.05, 0.1) is 7.11 Å². The summed E-state index contributed by atoms with van der Waals surface area (Å²) in [6, 6.07) is 14.2. The number of para-hydroxylation sites is 1. The number of imidazole rings is 1. The summed E-state index contributed by atoms with van der Waals surface area (Å²) in [6.45, 7) is 0. The Morgan fingerprint density at radius 2 is 1.89 bits per heavy atom. The minimum atomic E-state index is 0.465. The molecule has 3 heterocycles. The highest BCUT2D eigenvalue weighted by molar-refractivity contribution is 5.86. The van der Waals surface area contributed by atoms with Crippen molar-refractivity contribution in [3.8, 4) is 23.0 Å². The first-order valence-corrected chi connectivity index (χ1v) is 8.89. The largest absolute Gasteiger partial charge is 0.481 e. The van der Waals surface area contributed by atoms with Gasteiger partial charge in [-0.1, -0.05) is 18.2 Å². The van der Waals surface area contributed by atoms with E-state index in [0.29, 0.717) is 17.7 Å². The minimum Gasteiger partial charge on any atom is -0.481 e. The number of anilines is 1. The normalized spacial score (nSPS) is 13.7. The Morgan fingerprint density at radius 3 is 2.59 bits per heavy atom. The number of nitrogens with zero attached hydrogens (tertiary/aromatic N) is 5. The molecular formula is C20H18N6O. The Labute approximate surface area is 156 Å². The second-order valence-electron chi connectivity index (χ2n) is 6.53. The van der Waals surface area contributed by atoms with Crippen LogP contribution in [0.3, 0.4) is 0 Å². The van der Waals surface area contributed by atoms with E-state index in [1.165, 1.54) is 0 Å². The van der Waals surface area contributed by atoms with Crippen molar-refractivity contribution in [1.29, 1.82) is 0 Å². The summed E-state index contributed by atoms with van der Waals surface area (Å²) < 4.78 is 7.13. The summed E-state index contributed by atoms with van der Waals surface area (Å²) in [5.41, 5.74) is 3.38. The van der Waals surface area contributed by atoms with Crippen LogP contribution in [0, 0.1) is 0 Å². The van der Waals surface area contributed by atoms with Crippen molar-refractivity contribution in [3.05, 3.63) is 55.0 Å². The van der Waals surface area contributed by atoms with Gasteiger partial charge in [-0.15, -0.1) is 0 Å². The quantitative estimate of drug-likeness (QED) is 0.589. The van der Waals surface area contributed by atoms with Crippen molar-refractivity contribution in [3.63, 3.8) is 0 Å². The van der Waals surface area contributed by atoms with E-state index in [1.54, 1.807) is 19.6 Å². The van der Waals surface area contributed by atoms with Crippen LogP contribution in [0.25, 0.3) is 28.2 Å². The zero-order chi connectivity index (χ0) is 18.2. The molecule has 3 aromatic heterocycles. The van der Waals surface area contributed by atoms with Gasteiger partial charge in [0.1, 0.15) is 6.33 Å². The van der Waals surface area contributed by atoms with E-state index in [-0.39, 0.29) is 0 Å². The van der Waals surface area contributed by atoms with Gasteiger partial charge in [-0.05, 0) is 31.0 Å². The lowest BCUT2D eigenvalue weighted by Crippen LogP contribution is -2.06. The molecule has 1 aromatic carbocycles. The lowest BCUT2D eigenvalue weighted by molar-refractivity contribution is 0.398. The van der Waals surface area contributed by atoms with Gasteiger partial charge in [0.25, 0.3) is 0 Å². The van der Waals surface area contributed by atoms with E-state index in [4.69, 9.17) is 14.7 Å². The number of benzene rings is 1. The number of ether oxygens (including phenoxy) is 1. The van der Waals surface area contributed by atoms with Crippen LogP contribution in [-0.4, -0.2) is 37.7 Å². The van der Waals surface area contributed by atoms with Crippen LogP contribution in [0.5, 0.6) is 5.88 Å². The molecule has 0 spiro atoms. The number of hydrogen-bond acceptors (Lipinski definition) is 6. The molecule has 0 bridgehead atoms. The summed E-state index contributed by atoms with van der Waals surface area (Å²) in [5.74, 6) is 1.94. The maximum absolute atomic E-state index is 5.15. The Balaban J connectivity index is 1.68. The number of nitrogens with one attached hydrogen (secondary N) is 1. The molecule has 7 heteroatoms. The number of fused-ring (bicyclic) bond motifs is 1. The third-order valence-electron chi connectivity index (χ3n) is 4.55. The van der Waals surface area contributed by atoms with Crippen LogP contribution in [-0.2, 0) is 0 Å². The van der Waals surface area contributed by atoms with E-state index in [0.717, 1.165) is 41.1 Å². The molecule has 1 aliphatic rings. The van der Waals surface area contributed by atoms with Crippen molar-refractivity contribution in [2.24, 2.45) is 0 Å². The number of pyridine rings is 1. The van der Waals surface area contributed by atoms with Crippen LogP contribution in [0.2, 0.25) is 0 Å². The van der Waals surface area contributed by atoms with Crippen LogP contribution in [0.15, 0.2) is 55.0 Å². The highest BCUT2D eigenvalue weighted by Crippen LogP contribution is 2.30. The molecule has 0 radical (unpaired) electrons. The zero-order valence-electron chi connectivity index (χ0n) is 14.8. The van der Waals surface area contributed by atoms with Gasteiger partial charge < -0.3 is 10.1 Å². The summed E-state index contributed by atoms with van der Waals surface area (Å²) in [4.78, 5) is 18.4. The predicted octanol–water partition coefficient (Wildman–Crippen LogP) is 3.46. The smallest absolute Gasteiger partial charge is 0.212 e. The van der Waals surface area contributed by atoms with Crippen molar-refractivity contribution in [1.82, 2.24) is 24.5 Å². The fraction of sp³-hybridized carbons (Fsp3) is 0.200. The summed E-state index contributed by atoms with van der Waals surface area (Å²) in [5, 5.41) is 3.48. The lowest BCUT2D eigenvalue weighted by Gasteiger charge is -2.09. The van der Waals surface area contributed by atoms with E-state index < -0.39 is 0 Å². The van der Waals surface area contributed by atoms with E-state index in [1.807, 2.05) is 47.0 Å². The molecule has 134 valence electrons. The molecule has 1 N–H and O–H groups in total. The van der Waals surface area contributed by atoms with Gasteiger partial charge in [0, 0.05) is 29.6 Å². The highest BCUT2D eigenvalue weighted by Gasteiger charge is 2.24. The van der Waals surface area contributed by atoms with Crippen LogP contribution in [0.4, 0.5) is 5.82 Å². The Morgan fingerprint density at radius 1 is 1.04 bits per heavy atom. The standard InChI is InChI=1S/C20H18N6O/c1-27-16-10-7-13(11-21-16)18-24-19(23-14-8-9-14)17-20(25-18)26(12-22-17)15-5-3-2-4-6-15/h2-7,10-12,14H,8-9H2,1H3,(H,23,24,25). The number of aromatic nitrogens is 5. The maximum Gasteiger partial charge on any atom is 0.212 e. The SMILES string of the molecule is COc1ccc(-c2nc(NC3CC3)c3ncn(-c4ccccc4)c3n2)cn1. The van der Waals surface area contributed by atoms with Crippen molar-refractivity contribution in [2.45, 2.75) is 18.9 Å². The summed E-state index contributed by atoms with van der Waals surface area (Å²) >= 11 is 0. The fourth-order valence-corrected chi connectivity index (χ4v) is 2.96. The van der Waals surface area contributed by atoms with Crippen LogP contribution < -0.4 is 10.1 Å². The van der Waals surface area contributed by atoms with Gasteiger partial charge in [-0.2, -0.15) is 0 Å². The molecule has 7 nitrogen and oxygen atoms in total. The van der Waals surface area contributed by atoms with Gasteiger partial charge in [0.2, 0.25) is 5.88 Å². The molecule has 0 aliphatic heterocycles. The fourth-order valence-electron chi connectivity index (χ4n) is 2.96. The van der Waals surface area contributed by atoms with E-state index in [2.05, 4.69) is 15.3 Å². The Kier molecular flexibility index (Phi) is 3.71. The lowest BCUT2D eigenvalue weighted by atomic mass is 10.2. The Bertz CT molecular complexity index is 1090. The van der Waals surface area contributed by atoms with Crippen molar-refractivity contribution >= 4 is 17.0 Å². The van der Waals surface area contributed by atoms with E-state index in [9.17, 15) is 0 Å². The predicted molar refractivity (Wildman–Crippen MR) is 103 cm³/mol. The van der Waals surface area contributed by atoms with Crippen molar-refractivity contribution in [2.75, 3.05) is 12.4 Å². The topological polar surface area (TPSA) is 77.8 Å². The number of hydrogen-bond donors (Lipinski definition) is 1. The van der Waals surface area contributed by atoms with Crippen LogP contribution >= 0.6 is 0 Å². The van der Waals surface area contributed by atoms with Crippen molar-refractivity contribution < 1.29 is 4.74 Å². The molecule has 1 saturated carbocycles. The third kappa shape index (κ3) is 2.97. The average molecular weight is 358 g/mol. The first kappa shape index (κ1) is 15.7. The first-order chi connectivity index (χ1) is 13.3. The van der Waals surface area contributed by atoms with Gasteiger partial charge in [-0.3, -0.25) is 4.57 Å². The minimum absolute atomic E-state index is 0.465. The Hall–Kier alpha value is -3.48. The number of methoxy groups -OCH3 is 1. The molecule has 5 rings (SSSR count). The summed E-state index contributed by atoms with van der Waals surface area (Å²) in [7, 11) is 1.60. The van der Waals surface area contributed by atoms with Gasteiger partial charge >= 0.3 is 0 Å². The molecular weight excluding hydrogens is 340 g/mol.